The molecule has 0 bridgehead atoms. The van der Waals surface area contributed by atoms with E-state index in [9.17, 15) is 14.7 Å². The van der Waals surface area contributed by atoms with E-state index in [2.05, 4.69) is 44.8 Å². The van der Waals surface area contributed by atoms with E-state index in [4.69, 9.17) is 5.26 Å². The number of rotatable bonds is 7. The Morgan fingerprint density at radius 3 is 2.76 bits per heavy atom. The van der Waals surface area contributed by atoms with Crippen molar-refractivity contribution in [1.82, 2.24) is 28.8 Å². The number of pyridine rings is 2. The number of anilines is 3. The lowest BCUT2D eigenvalue weighted by atomic mass is 9.90. The van der Waals surface area contributed by atoms with E-state index in [1.807, 2.05) is 16.8 Å². The van der Waals surface area contributed by atoms with Crippen LogP contribution in [0.5, 0.6) is 0 Å². The van der Waals surface area contributed by atoms with Gasteiger partial charge in [-0.2, -0.15) is 10.4 Å². The quantitative estimate of drug-likeness (QED) is 0.327. The van der Waals surface area contributed by atoms with Crippen LogP contribution in [0, 0.1) is 16.7 Å². The predicted octanol–water partition coefficient (Wildman–Crippen LogP) is 3.20. The van der Waals surface area contributed by atoms with E-state index in [0.29, 0.717) is 78.9 Å². The number of aliphatic hydroxyl groups is 1. The maximum Gasteiger partial charge on any atom is 0.276 e. The molecule has 7 rings (SSSR count). The number of amides is 1. The second-order valence-electron chi connectivity index (χ2n) is 13.1. The highest BCUT2D eigenvalue weighted by molar-refractivity contribution is 6.06. The number of hydrogen-bond acceptors (Lipinski definition) is 8. The average molecular weight is 608 g/mol. The molecular weight excluding hydrogens is 570 g/mol. The van der Waals surface area contributed by atoms with Crippen molar-refractivity contribution in [2.24, 2.45) is 12.5 Å². The Morgan fingerprint density at radius 2 is 1.96 bits per heavy atom. The first-order valence-electron chi connectivity index (χ1n) is 15.4. The molecule has 0 spiro atoms. The summed E-state index contributed by atoms with van der Waals surface area (Å²) in [6.45, 7) is 8.24. The van der Waals surface area contributed by atoms with Crippen molar-refractivity contribution < 1.29 is 9.90 Å². The molecule has 2 N–H and O–H groups in total. The Morgan fingerprint density at radius 1 is 1.11 bits per heavy atom. The van der Waals surface area contributed by atoms with Crippen LogP contribution >= 0.6 is 0 Å². The van der Waals surface area contributed by atoms with Crippen molar-refractivity contribution in [2.45, 2.75) is 59.4 Å². The van der Waals surface area contributed by atoms with Gasteiger partial charge in [-0.05, 0) is 47.6 Å². The number of aliphatic hydroxyl groups excluding tert-OH is 1. The number of aromatic nitrogens is 5. The van der Waals surface area contributed by atoms with Crippen molar-refractivity contribution in [2.75, 3.05) is 29.9 Å². The fraction of sp³-hybridized carbons (Fsp3) is 0.424. The van der Waals surface area contributed by atoms with Crippen molar-refractivity contribution in [1.29, 1.82) is 5.26 Å². The summed E-state index contributed by atoms with van der Waals surface area (Å²) in [7, 11) is 1.69. The molecule has 2 aliphatic heterocycles. The molecule has 45 heavy (non-hydrogen) atoms. The van der Waals surface area contributed by atoms with Crippen LogP contribution in [0.4, 0.5) is 17.3 Å². The number of carbonyl (C=O) groups excluding carboxylic acids is 1. The largest absolute Gasteiger partial charge is 0.392 e. The molecule has 0 radical (unpaired) electrons. The summed E-state index contributed by atoms with van der Waals surface area (Å²) < 4.78 is 5.59. The summed E-state index contributed by atoms with van der Waals surface area (Å²) in [6.07, 6.45) is 5.77. The third kappa shape index (κ3) is 5.11. The van der Waals surface area contributed by atoms with Gasteiger partial charge in [-0.3, -0.25) is 24.1 Å². The molecule has 232 valence electrons. The first-order chi connectivity index (χ1) is 21.7. The first kappa shape index (κ1) is 29.0. The van der Waals surface area contributed by atoms with Gasteiger partial charge >= 0.3 is 0 Å². The van der Waals surface area contributed by atoms with Crippen LogP contribution in [0.15, 0.2) is 41.5 Å². The Hall–Kier alpha value is -4.73. The molecule has 3 aliphatic rings. The maximum absolute atomic E-state index is 13.8. The van der Waals surface area contributed by atoms with Crippen LogP contribution in [0.1, 0.15) is 53.3 Å². The molecule has 6 heterocycles. The van der Waals surface area contributed by atoms with Crippen LogP contribution < -0.4 is 15.8 Å². The molecule has 0 fully saturated rings. The van der Waals surface area contributed by atoms with Crippen molar-refractivity contribution in [3.05, 3.63) is 75.2 Å². The van der Waals surface area contributed by atoms with Crippen LogP contribution in [0.2, 0.25) is 0 Å². The van der Waals surface area contributed by atoms with Crippen LogP contribution in [-0.2, 0) is 46.1 Å². The molecule has 0 aromatic carbocycles. The number of hydrogen-bond donors (Lipinski definition) is 2. The van der Waals surface area contributed by atoms with Gasteiger partial charge in [0.25, 0.3) is 11.5 Å². The summed E-state index contributed by atoms with van der Waals surface area (Å²) in [5, 5.41) is 27.4. The van der Waals surface area contributed by atoms with Crippen LogP contribution in [0.25, 0.3) is 11.1 Å². The third-order valence-electron chi connectivity index (χ3n) is 9.25. The van der Waals surface area contributed by atoms with E-state index >= 15 is 0 Å². The van der Waals surface area contributed by atoms with Crippen molar-refractivity contribution in [3.63, 3.8) is 0 Å². The van der Waals surface area contributed by atoms with Crippen molar-refractivity contribution in [3.8, 4) is 17.2 Å². The first-order valence-corrected chi connectivity index (χ1v) is 15.4. The zero-order valence-corrected chi connectivity index (χ0v) is 25.9. The SMILES string of the molecule is Cn1cc(-c2ccnc(N3CCn4c(cc5c4CC(C)(C)C5)C3=O)c2CO)cc(Nc2cc3n(n2)CCN(CCC#N)C3)c1=O. The molecule has 4 aromatic heterocycles. The zero-order chi connectivity index (χ0) is 31.5. The smallest absolute Gasteiger partial charge is 0.276 e. The second-order valence-corrected chi connectivity index (χ2v) is 13.1. The Bertz CT molecular complexity index is 1930. The topological polar surface area (TPSA) is 137 Å². The normalized spacial score (nSPS) is 17.1. The maximum atomic E-state index is 13.8. The van der Waals surface area contributed by atoms with Gasteiger partial charge in [0, 0.05) is 81.5 Å². The van der Waals surface area contributed by atoms with Gasteiger partial charge in [-0.15, -0.1) is 0 Å². The lowest BCUT2D eigenvalue weighted by Gasteiger charge is -2.31. The number of nitrogens with zero attached hydrogens (tertiary/aromatic N) is 8. The summed E-state index contributed by atoms with van der Waals surface area (Å²) >= 11 is 0. The molecule has 1 amide bonds. The van der Waals surface area contributed by atoms with Crippen LogP contribution in [-0.4, -0.2) is 59.4 Å². The van der Waals surface area contributed by atoms with E-state index in [-0.39, 0.29) is 23.5 Å². The van der Waals surface area contributed by atoms with Gasteiger partial charge in [-0.25, -0.2) is 4.98 Å². The second kappa shape index (κ2) is 11.0. The van der Waals surface area contributed by atoms with E-state index in [1.165, 1.54) is 15.8 Å². The van der Waals surface area contributed by atoms with E-state index in [1.54, 1.807) is 36.5 Å². The highest BCUT2D eigenvalue weighted by Gasteiger charge is 2.37. The standard InChI is InChI=1S/C33H37N9O3/c1-33(2)16-21-14-27-32(45)41(11-10-40(27)28(21)17-33)30-25(20-43)24(5-7-35-30)22-13-26(31(44)38(3)18-22)36-29-15-23-19-39(8-4-6-34)9-12-42(23)37-29/h5,7,13-15,18,43H,4,8-12,16-17,19-20H2,1-3H3,(H,36,37). The molecule has 0 saturated heterocycles. The fourth-order valence-corrected chi connectivity index (χ4v) is 7.12. The minimum absolute atomic E-state index is 0.120. The number of nitriles is 1. The van der Waals surface area contributed by atoms with Gasteiger partial charge in [0.15, 0.2) is 5.82 Å². The van der Waals surface area contributed by atoms with Gasteiger partial charge in [0.05, 0.1) is 24.9 Å². The lowest BCUT2D eigenvalue weighted by Crippen LogP contribution is -2.41. The van der Waals surface area contributed by atoms with Gasteiger partial charge in [0.1, 0.15) is 17.2 Å². The average Bonchev–Trinajstić information content (AvgIpc) is 3.67. The zero-order valence-electron chi connectivity index (χ0n) is 25.9. The third-order valence-corrected chi connectivity index (χ3v) is 9.25. The molecule has 1 aliphatic carbocycles. The van der Waals surface area contributed by atoms with Crippen LogP contribution in [0.3, 0.4) is 0 Å². The summed E-state index contributed by atoms with van der Waals surface area (Å²) in [6, 6.07) is 9.73. The molecule has 0 atom stereocenters. The minimum atomic E-state index is -0.324. The Kier molecular flexibility index (Phi) is 7.10. The molecule has 12 heteroatoms. The monoisotopic (exact) mass is 607 g/mol. The number of nitrogens with one attached hydrogen (secondary N) is 1. The summed E-state index contributed by atoms with van der Waals surface area (Å²) in [5.41, 5.74) is 6.43. The number of carbonyl (C=O) groups is 1. The molecule has 0 unspecified atom stereocenters. The molecule has 4 aromatic rings. The summed E-state index contributed by atoms with van der Waals surface area (Å²) in [4.78, 5) is 35.5. The highest BCUT2D eigenvalue weighted by Crippen LogP contribution is 2.40. The summed E-state index contributed by atoms with van der Waals surface area (Å²) in [5.74, 6) is 0.876. The van der Waals surface area contributed by atoms with Crippen molar-refractivity contribution >= 4 is 23.2 Å². The highest BCUT2D eigenvalue weighted by atomic mass is 16.3. The van der Waals surface area contributed by atoms with E-state index < -0.39 is 0 Å². The fourth-order valence-electron chi connectivity index (χ4n) is 7.12. The van der Waals surface area contributed by atoms with E-state index in [0.717, 1.165) is 25.1 Å². The molecule has 0 saturated carbocycles. The van der Waals surface area contributed by atoms with Gasteiger partial charge in [0.2, 0.25) is 0 Å². The number of fused-ring (bicyclic) bond motifs is 4. The molecule has 12 nitrogen and oxygen atoms in total. The predicted molar refractivity (Wildman–Crippen MR) is 169 cm³/mol. The van der Waals surface area contributed by atoms with Gasteiger partial charge in [-0.1, -0.05) is 13.8 Å². The lowest BCUT2D eigenvalue weighted by molar-refractivity contribution is 0.0962. The molecular formula is C33H37N9O3. The Labute approximate surface area is 261 Å². The Balaban J connectivity index is 1.18. The van der Waals surface area contributed by atoms with Gasteiger partial charge < -0.3 is 19.6 Å². The number of aryl methyl sites for hydroxylation is 1. The minimum Gasteiger partial charge on any atom is -0.392 e.